The molecule has 1 fully saturated rings. The highest BCUT2D eigenvalue weighted by Crippen LogP contribution is 2.23. The number of rotatable bonds is 4. The summed E-state index contributed by atoms with van der Waals surface area (Å²) in [5.74, 6) is 1.06. The highest BCUT2D eigenvalue weighted by Gasteiger charge is 2.20. The quantitative estimate of drug-likeness (QED) is 0.889. The summed E-state index contributed by atoms with van der Waals surface area (Å²) in [6.45, 7) is 7.80. The maximum absolute atomic E-state index is 12.2. The molecular weight excluding hydrogens is 252 g/mol. The first-order valence-corrected chi connectivity index (χ1v) is 7.35. The molecule has 4 heteroatoms. The van der Waals surface area contributed by atoms with Crippen molar-refractivity contribution in [1.29, 1.82) is 0 Å². The first-order valence-electron chi connectivity index (χ1n) is 7.35. The summed E-state index contributed by atoms with van der Waals surface area (Å²) in [5.41, 5.74) is 1.88. The van der Waals surface area contributed by atoms with Crippen molar-refractivity contribution in [2.45, 2.75) is 39.7 Å². The van der Waals surface area contributed by atoms with E-state index >= 15 is 0 Å². The van der Waals surface area contributed by atoms with Crippen LogP contribution in [0.25, 0.3) is 0 Å². The second-order valence-electron chi connectivity index (χ2n) is 5.68. The Balaban J connectivity index is 1.99. The first kappa shape index (κ1) is 14.9. The van der Waals surface area contributed by atoms with Crippen LogP contribution < -0.4 is 15.4 Å². The predicted molar refractivity (Wildman–Crippen MR) is 81.2 cm³/mol. The average Bonchev–Trinajstić information content (AvgIpc) is 2.42. The third kappa shape index (κ3) is 3.97. The Hall–Kier alpha value is -1.55. The first-order chi connectivity index (χ1) is 9.56. The van der Waals surface area contributed by atoms with Crippen LogP contribution in [-0.4, -0.2) is 25.1 Å². The number of carbonyl (C=O) groups is 1. The van der Waals surface area contributed by atoms with Gasteiger partial charge in [-0.05, 0) is 63.9 Å². The standard InChI is InChI=1S/C16H24N2O2/c1-11(2)20-15-7-6-14(9-12(15)3)18-16(19)13-5-4-8-17-10-13/h6-7,9,11,13,17H,4-5,8,10H2,1-3H3,(H,18,19). The van der Waals surface area contributed by atoms with Crippen molar-refractivity contribution in [2.75, 3.05) is 18.4 Å². The van der Waals surface area contributed by atoms with Gasteiger partial charge in [-0.3, -0.25) is 4.79 Å². The van der Waals surface area contributed by atoms with Gasteiger partial charge < -0.3 is 15.4 Å². The van der Waals surface area contributed by atoms with Gasteiger partial charge in [-0.25, -0.2) is 0 Å². The molecule has 2 rings (SSSR count). The monoisotopic (exact) mass is 276 g/mol. The van der Waals surface area contributed by atoms with Crippen LogP contribution in [0.5, 0.6) is 5.75 Å². The number of piperidine rings is 1. The predicted octanol–water partition coefficient (Wildman–Crippen LogP) is 2.72. The topological polar surface area (TPSA) is 50.4 Å². The van der Waals surface area contributed by atoms with E-state index in [1.165, 1.54) is 0 Å². The van der Waals surface area contributed by atoms with Gasteiger partial charge in [0.05, 0.1) is 12.0 Å². The molecule has 0 radical (unpaired) electrons. The van der Waals surface area contributed by atoms with Crippen LogP contribution in [0.4, 0.5) is 5.69 Å². The molecule has 1 aromatic carbocycles. The molecule has 0 aliphatic carbocycles. The number of ether oxygens (including phenoxy) is 1. The van der Waals surface area contributed by atoms with E-state index in [1.807, 2.05) is 39.0 Å². The number of anilines is 1. The third-order valence-electron chi connectivity index (χ3n) is 3.47. The van der Waals surface area contributed by atoms with Gasteiger partial charge in [0.1, 0.15) is 5.75 Å². The molecule has 1 heterocycles. The summed E-state index contributed by atoms with van der Waals surface area (Å²) >= 11 is 0. The lowest BCUT2D eigenvalue weighted by molar-refractivity contribution is -0.120. The zero-order valence-corrected chi connectivity index (χ0v) is 12.5. The minimum absolute atomic E-state index is 0.0793. The Labute approximate surface area is 120 Å². The smallest absolute Gasteiger partial charge is 0.228 e. The fourth-order valence-electron chi connectivity index (χ4n) is 2.43. The Morgan fingerprint density at radius 2 is 2.25 bits per heavy atom. The van der Waals surface area contributed by atoms with E-state index in [-0.39, 0.29) is 17.9 Å². The zero-order chi connectivity index (χ0) is 14.5. The molecule has 1 atom stereocenters. The summed E-state index contributed by atoms with van der Waals surface area (Å²) in [5, 5.41) is 6.26. The van der Waals surface area contributed by atoms with Crippen molar-refractivity contribution in [3.63, 3.8) is 0 Å². The van der Waals surface area contributed by atoms with Gasteiger partial charge >= 0.3 is 0 Å². The SMILES string of the molecule is Cc1cc(NC(=O)C2CCCNC2)ccc1OC(C)C. The molecule has 1 aliphatic rings. The van der Waals surface area contributed by atoms with E-state index in [2.05, 4.69) is 10.6 Å². The number of aryl methyl sites for hydroxylation is 1. The van der Waals surface area contributed by atoms with E-state index in [0.717, 1.165) is 42.9 Å². The summed E-state index contributed by atoms with van der Waals surface area (Å²) < 4.78 is 5.70. The second-order valence-corrected chi connectivity index (χ2v) is 5.68. The van der Waals surface area contributed by atoms with Crippen LogP contribution in [0, 0.1) is 12.8 Å². The third-order valence-corrected chi connectivity index (χ3v) is 3.47. The summed E-state index contributed by atoms with van der Waals surface area (Å²) in [6.07, 6.45) is 2.19. The molecule has 0 aromatic heterocycles. The van der Waals surface area contributed by atoms with Crippen molar-refractivity contribution in [2.24, 2.45) is 5.92 Å². The lowest BCUT2D eigenvalue weighted by Crippen LogP contribution is -2.37. The molecule has 110 valence electrons. The molecular formula is C16H24N2O2. The molecule has 1 unspecified atom stereocenters. The number of hydrogen-bond acceptors (Lipinski definition) is 3. The van der Waals surface area contributed by atoms with E-state index < -0.39 is 0 Å². The van der Waals surface area contributed by atoms with E-state index in [9.17, 15) is 4.79 Å². The average molecular weight is 276 g/mol. The van der Waals surface area contributed by atoms with Gasteiger partial charge in [0.2, 0.25) is 5.91 Å². The van der Waals surface area contributed by atoms with Crippen LogP contribution in [0.1, 0.15) is 32.3 Å². The molecule has 1 saturated heterocycles. The molecule has 1 amide bonds. The van der Waals surface area contributed by atoms with E-state index in [0.29, 0.717) is 0 Å². The minimum atomic E-state index is 0.0793. The normalized spacial score (nSPS) is 18.9. The van der Waals surface area contributed by atoms with Gasteiger partial charge in [-0.1, -0.05) is 0 Å². The maximum Gasteiger partial charge on any atom is 0.228 e. The zero-order valence-electron chi connectivity index (χ0n) is 12.5. The number of carbonyl (C=O) groups excluding carboxylic acids is 1. The van der Waals surface area contributed by atoms with E-state index in [4.69, 9.17) is 4.74 Å². The van der Waals surface area contributed by atoms with Gasteiger partial charge in [0.15, 0.2) is 0 Å². The summed E-state index contributed by atoms with van der Waals surface area (Å²) in [6, 6.07) is 5.79. The largest absolute Gasteiger partial charge is 0.491 e. The second kappa shape index (κ2) is 6.75. The Bertz CT molecular complexity index is 466. The fourth-order valence-corrected chi connectivity index (χ4v) is 2.43. The maximum atomic E-state index is 12.2. The van der Waals surface area contributed by atoms with Crippen molar-refractivity contribution >= 4 is 11.6 Å². The Kier molecular flexibility index (Phi) is 5.01. The van der Waals surface area contributed by atoms with Crippen LogP contribution in [0.2, 0.25) is 0 Å². The highest BCUT2D eigenvalue weighted by atomic mass is 16.5. The summed E-state index contributed by atoms with van der Waals surface area (Å²) in [7, 11) is 0. The van der Waals surface area contributed by atoms with Crippen LogP contribution in [0.15, 0.2) is 18.2 Å². The lowest BCUT2D eigenvalue weighted by atomic mass is 9.99. The minimum Gasteiger partial charge on any atom is -0.491 e. The van der Waals surface area contributed by atoms with Gasteiger partial charge in [-0.15, -0.1) is 0 Å². The highest BCUT2D eigenvalue weighted by molar-refractivity contribution is 5.92. The molecule has 0 saturated carbocycles. The van der Waals surface area contributed by atoms with Gasteiger partial charge in [-0.2, -0.15) is 0 Å². The Morgan fingerprint density at radius 1 is 1.45 bits per heavy atom. The molecule has 1 aliphatic heterocycles. The van der Waals surface area contributed by atoms with Crippen LogP contribution in [-0.2, 0) is 4.79 Å². The van der Waals surface area contributed by atoms with Crippen LogP contribution in [0.3, 0.4) is 0 Å². The number of nitrogens with one attached hydrogen (secondary N) is 2. The molecule has 0 spiro atoms. The van der Waals surface area contributed by atoms with E-state index in [1.54, 1.807) is 0 Å². The van der Waals surface area contributed by atoms with Gasteiger partial charge in [0.25, 0.3) is 0 Å². The molecule has 2 N–H and O–H groups in total. The molecule has 4 nitrogen and oxygen atoms in total. The summed E-state index contributed by atoms with van der Waals surface area (Å²) in [4.78, 5) is 12.2. The van der Waals surface area contributed by atoms with Crippen molar-refractivity contribution in [3.8, 4) is 5.75 Å². The van der Waals surface area contributed by atoms with Crippen molar-refractivity contribution < 1.29 is 9.53 Å². The molecule has 20 heavy (non-hydrogen) atoms. The molecule has 1 aromatic rings. The fraction of sp³-hybridized carbons (Fsp3) is 0.562. The van der Waals surface area contributed by atoms with Crippen LogP contribution >= 0.6 is 0 Å². The number of amides is 1. The number of hydrogen-bond donors (Lipinski definition) is 2. The van der Waals surface area contributed by atoms with Gasteiger partial charge in [0, 0.05) is 12.2 Å². The van der Waals surface area contributed by atoms with Crippen molar-refractivity contribution in [3.05, 3.63) is 23.8 Å². The molecule has 0 bridgehead atoms. The number of benzene rings is 1. The van der Waals surface area contributed by atoms with Crippen molar-refractivity contribution in [1.82, 2.24) is 5.32 Å². The Morgan fingerprint density at radius 3 is 2.85 bits per heavy atom. The lowest BCUT2D eigenvalue weighted by Gasteiger charge is -2.22.